The quantitative estimate of drug-likeness (QED) is 0.608. The number of para-hydroxylation sites is 2. The summed E-state index contributed by atoms with van der Waals surface area (Å²) in [6.07, 6.45) is 4.79. The molecule has 0 atom stereocenters. The highest BCUT2D eigenvalue weighted by atomic mass is 16.5. The lowest BCUT2D eigenvalue weighted by Crippen LogP contribution is -2.29. The van der Waals surface area contributed by atoms with Crippen molar-refractivity contribution in [3.63, 3.8) is 0 Å². The molecular weight excluding hydrogens is 216 g/mol. The van der Waals surface area contributed by atoms with Crippen LogP contribution in [0.1, 0.15) is 13.3 Å². The van der Waals surface area contributed by atoms with E-state index in [-0.39, 0.29) is 6.03 Å². The van der Waals surface area contributed by atoms with Gasteiger partial charge in [-0.05, 0) is 25.5 Å². The minimum atomic E-state index is -0.223. The number of ether oxygens (including phenoxy) is 1. The maximum Gasteiger partial charge on any atom is 0.319 e. The lowest BCUT2D eigenvalue weighted by molar-refractivity contribution is 0.252. The number of amides is 2. The van der Waals surface area contributed by atoms with Crippen LogP contribution in [0.3, 0.4) is 0 Å². The van der Waals surface area contributed by atoms with Crippen LogP contribution in [-0.4, -0.2) is 19.7 Å². The summed E-state index contributed by atoms with van der Waals surface area (Å²) in [6.45, 7) is 2.57. The molecule has 17 heavy (non-hydrogen) atoms. The van der Waals surface area contributed by atoms with Crippen LogP contribution in [0, 0.1) is 0 Å². The minimum Gasteiger partial charge on any atom is -0.495 e. The molecule has 1 aromatic rings. The number of hydrogen-bond donors (Lipinski definition) is 2. The maximum absolute atomic E-state index is 11.5. The SMILES string of the molecule is C/C=C/CCNC(=O)Nc1ccccc1OC. The van der Waals surface area contributed by atoms with Gasteiger partial charge in [0.2, 0.25) is 0 Å². The molecule has 0 spiro atoms. The first-order chi connectivity index (χ1) is 8.27. The van der Waals surface area contributed by atoms with Crippen LogP contribution in [0.4, 0.5) is 10.5 Å². The Hall–Kier alpha value is -1.97. The summed E-state index contributed by atoms with van der Waals surface area (Å²) < 4.78 is 5.14. The molecule has 0 fully saturated rings. The maximum atomic E-state index is 11.5. The Labute approximate surface area is 102 Å². The summed E-state index contributed by atoms with van der Waals surface area (Å²) in [5.41, 5.74) is 0.665. The molecule has 0 unspecified atom stereocenters. The Kier molecular flexibility index (Phi) is 5.64. The average molecular weight is 234 g/mol. The van der Waals surface area contributed by atoms with Gasteiger partial charge in [0.15, 0.2) is 0 Å². The van der Waals surface area contributed by atoms with Crippen molar-refractivity contribution >= 4 is 11.7 Å². The molecule has 0 radical (unpaired) electrons. The number of allylic oxidation sites excluding steroid dienone is 1. The highest BCUT2D eigenvalue weighted by molar-refractivity contribution is 5.90. The fraction of sp³-hybridized carbons (Fsp3) is 0.308. The first-order valence-corrected chi connectivity index (χ1v) is 5.57. The molecule has 92 valence electrons. The third kappa shape index (κ3) is 4.59. The lowest BCUT2D eigenvalue weighted by Gasteiger charge is -2.10. The van der Waals surface area contributed by atoms with Gasteiger partial charge in [0.1, 0.15) is 5.75 Å². The van der Waals surface area contributed by atoms with E-state index in [4.69, 9.17) is 4.74 Å². The molecule has 0 aliphatic rings. The van der Waals surface area contributed by atoms with Crippen molar-refractivity contribution in [2.45, 2.75) is 13.3 Å². The number of hydrogen-bond acceptors (Lipinski definition) is 2. The van der Waals surface area contributed by atoms with Crippen LogP contribution in [0.5, 0.6) is 5.75 Å². The molecule has 0 saturated heterocycles. The number of urea groups is 1. The van der Waals surface area contributed by atoms with E-state index in [9.17, 15) is 4.79 Å². The second-order valence-corrected chi connectivity index (χ2v) is 3.44. The fourth-order valence-corrected chi connectivity index (χ4v) is 1.35. The van der Waals surface area contributed by atoms with E-state index in [1.165, 1.54) is 0 Å². The Bertz CT molecular complexity index is 389. The number of carbonyl (C=O) groups is 1. The first-order valence-electron chi connectivity index (χ1n) is 5.57. The van der Waals surface area contributed by atoms with E-state index in [2.05, 4.69) is 10.6 Å². The molecule has 2 N–H and O–H groups in total. The number of rotatable bonds is 5. The van der Waals surface area contributed by atoms with Crippen LogP contribution >= 0.6 is 0 Å². The van der Waals surface area contributed by atoms with Crippen molar-refractivity contribution < 1.29 is 9.53 Å². The monoisotopic (exact) mass is 234 g/mol. The second-order valence-electron chi connectivity index (χ2n) is 3.44. The molecule has 1 rings (SSSR count). The zero-order chi connectivity index (χ0) is 12.5. The second kappa shape index (κ2) is 7.33. The largest absolute Gasteiger partial charge is 0.495 e. The van der Waals surface area contributed by atoms with Crippen LogP contribution in [0.25, 0.3) is 0 Å². The third-order valence-corrected chi connectivity index (χ3v) is 2.19. The molecular formula is C13H18N2O2. The Balaban J connectivity index is 2.44. The highest BCUT2D eigenvalue weighted by Crippen LogP contribution is 2.22. The number of carbonyl (C=O) groups excluding carboxylic acids is 1. The van der Waals surface area contributed by atoms with Crippen LogP contribution in [-0.2, 0) is 0 Å². The Morgan fingerprint density at radius 2 is 2.18 bits per heavy atom. The molecule has 0 aliphatic heterocycles. The van der Waals surface area contributed by atoms with Crippen LogP contribution in [0.15, 0.2) is 36.4 Å². The van der Waals surface area contributed by atoms with Crippen molar-refractivity contribution in [1.82, 2.24) is 5.32 Å². The summed E-state index contributed by atoms with van der Waals surface area (Å²) >= 11 is 0. The third-order valence-electron chi connectivity index (χ3n) is 2.19. The molecule has 1 aromatic carbocycles. The molecule has 4 heteroatoms. The lowest BCUT2D eigenvalue weighted by atomic mass is 10.3. The normalized spacial score (nSPS) is 10.2. The summed E-state index contributed by atoms with van der Waals surface area (Å²) in [4.78, 5) is 11.5. The van der Waals surface area contributed by atoms with E-state index in [1.807, 2.05) is 31.2 Å². The number of nitrogens with one attached hydrogen (secondary N) is 2. The van der Waals surface area contributed by atoms with Gasteiger partial charge in [-0.15, -0.1) is 0 Å². The van der Waals surface area contributed by atoms with Gasteiger partial charge in [-0.3, -0.25) is 0 Å². The molecule has 2 amide bonds. The fourth-order valence-electron chi connectivity index (χ4n) is 1.35. The summed E-state index contributed by atoms with van der Waals surface area (Å²) in [6, 6.07) is 7.07. The van der Waals surface area contributed by atoms with Gasteiger partial charge < -0.3 is 15.4 Å². The van der Waals surface area contributed by atoms with E-state index >= 15 is 0 Å². The smallest absolute Gasteiger partial charge is 0.319 e. The van der Waals surface area contributed by atoms with Gasteiger partial charge in [0, 0.05) is 6.54 Å². The van der Waals surface area contributed by atoms with E-state index in [0.717, 1.165) is 6.42 Å². The van der Waals surface area contributed by atoms with Crippen molar-refractivity contribution in [2.24, 2.45) is 0 Å². The molecule has 0 bridgehead atoms. The van der Waals surface area contributed by atoms with Gasteiger partial charge in [0.25, 0.3) is 0 Å². The molecule has 0 saturated carbocycles. The molecule has 0 aromatic heterocycles. The number of anilines is 1. The Morgan fingerprint density at radius 1 is 1.41 bits per heavy atom. The van der Waals surface area contributed by atoms with Gasteiger partial charge >= 0.3 is 6.03 Å². The standard InChI is InChI=1S/C13H18N2O2/c1-3-4-7-10-14-13(16)15-11-8-5-6-9-12(11)17-2/h3-6,8-9H,7,10H2,1-2H3,(H2,14,15,16)/b4-3+. The van der Waals surface area contributed by atoms with E-state index < -0.39 is 0 Å². The topological polar surface area (TPSA) is 50.4 Å². The highest BCUT2D eigenvalue weighted by Gasteiger charge is 2.04. The minimum absolute atomic E-state index is 0.223. The van der Waals surface area contributed by atoms with Crippen molar-refractivity contribution in [2.75, 3.05) is 19.0 Å². The number of methoxy groups -OCH3 is 1. The zero-order valence-corrected chi connectivity index (χ0v) is 10.2. The zero-order valence-electron chi connectivity index (χ0n) is 10.2. The molecule has 4 nitrogen and oxygen atoms in total. The van der Waals surface area contributed by atoms with Crippen molar-refractivity contribution in [3.8, 4) is 5.75 Å². The van der Waals surface area contributed by atoms with E-state index in [0.29, 0.717) is 18.0 Å². The molecule has 0 heterocycles. The van der Waals surface area contributed by atoms with Crippen molar-refractivity contribution in [3.05, 3.63) is 36.4 Å². The van der Waals surface area contributed by atoms with E-state index in [1.54, 1.807) is 19.2 Å². The van der Waals surface area contributed by atoms with Gasteiger partial charge in [-0.2, -0.15) is 0 Å². The summed E-state index contributed by atoms with van der Waals surface area (Å²) in [7, 11) is 1.57. The predicted octanol–water partition coefficient (Wildman–Crippen LogP) is 2.78. The van der Waals surface area contributed by atoms with Gasteiger partial charge in [-0.1, -0.05) is 24.3 Å². The van der Waals surface area contributed by atoms with Gasteiger partial charge in [-0.25, -0.2) is 4.79 Å². The molecule has 0 aliphatic carbocycles. The predicted molar refractivity (Wildman–Crippen MR) is 69.4 cm³/mol. The summed E-state index contributed by atoms with van der Waals surface area (Å²) in [5, 5.41) is 5.50. The van der Waals surface area contributed by atoms with Crippen molar-refractivity contribution in [1.29, 1.82) is 0 Å². The Morgan fingerprint density at radius 3 is 2.88 bits per heavy atom. The first kappa shape index (κ1) is 13.1. The van der Waals surface area contributed by atoms with Gasteiger partial charge in [0.05, 0.1) is 12.8 Å². The summed E-state index contributed by atoms with van der Waals surface area (Å²) in [5.74, 6) is 0.649. The van der Waals surface area contributed by atoms with Crippen LogP contribution in [0.2, 0.25) is 0 Å². The number of benzene rings is 1. The van der Waals surface area contributed by atoms with Crippen LogP contribution < -0.4 is 15.4 Å². The average Bonchev–Trinajstić information content (AvgIpc) is 2.35.